The van der Waals surface area contributed by atoms with Gasteiger partial charge in [0, 0.05) is 13.2 Å². The summed E-state index contributed by atoms with van der Waals surface area (Å²) in [6.07, 6.45) is 7.95. The summed E-state index contributed by atoms with van der Waals surface area (Å²) in [4.78, 5) is 4.67. The average molecular weight is 457 g/mol. The van der Waals surface area contributed by atoms with Crippen molar-refractivity contribution in [1.29, 1.82) is 0 Å². The SMILES string of the molecule is Cc1ccn(C/C(=N/N)N(N)C/C(=C(/N)c2ccc(OC3CCCCC3)c(C)n2)N(C)N)n1. The number of hydrazone groups is 1. The average Bonchev–Trinajstić information content (AvgIpc) is 3.21. The Morgan fingerprint density at radius 1 is 1.18 bits per heavy atom. The molecule has 0 aliphatic heterocycles. The van der Waals surface area contributed by atoms with E-state index >= 15 is 0 Å². The highest BCUT2D eigenvalue weighted by molar-refractivity contribution is 5.81. The molecule has 0 radical (unpaired) electrons. The smallest absolute Gasteiger partial charge is 0.160 e. The summed E-state index contributed by atoms with van der Waals surface area (Å²) in [5, 5.41) is 11.0. The van der Waals surface area contributed by atoms with Crippen LogP contribution < -0.4 is 28.0 Å². The van der Waals surface area contributed by atoms with Gasteiger partial charge in [0.05, 0.1) is 41.1 Å². The number of aryl methyl sites for hydroxylation is 2. The largest absolute Gasteiger partial charge is 0.489 e. The molecule has 2 heterocycles. The minimum atomic E-state index is 0.177. The second-order valence-corrected chi connectivity index (χ2v) is 8.46. The van der Waals surface area contributed by atoms with E-state index in [1.165, 1.54) is 29.3 Å². The molecule has 11 nitrogen and oxygen atoms in total. The Morgan fingerprint density at radius 3 is 2.48 bits per heavy atom. The van der Waals surface area contributed by atoms with E-state index in [1.807, 2.05) is 38.2 Å². The zero-order valence-corrected chi connectivity index (χ0v) is 19.7. The maximum atomic E-state index is 6.47. The van der Waals surface area contributed by atoms with Gasteiger partial charge in [0.1, 0.15) is 12.3 Å². The number of ether oxygens (including phenoxy) is 1. The van der Waals surface area contributed by atoms with Crippen molar-refractivity contribution >= 4 is 11.5 Å². The number of hydrogen-bond donors (Lipinski definition) is 4. The third-order valence-corrected chi connectivity index (χ3v) is 5.77. The fourth-order valence-electron chi connectivity index (χ4n) is 3.87. The van der Waals surface area contributed by atoms with Gasteiger partial charge in [-0.05, 0) is 57.7 Å². The van der Waals surface area contributed by atoms with Crippen molar-refractivity contribution in [3.63, 3.8) is 0 Å². The van der Waals surface area contributed by atoms with Gasteiger partial charge in [-0.1, -0.05) is 6.42 Å². The molecule has 11 heteroatoms. The van der Waals surface area contributed by atoms with Crippen molar-refractivity contribution in [1.82, 2.24) is 24.8 Å². The first kappa shape index (κ1) is 24.3. The van der Waals surface area contributed by atoms with E-state index in [-0.39, 0.29) is 12.6 Å². The summed E-state index contributed by atoms with van der Waals surface area (Å²) >= 11 is 0. The van der Waals surface area contributed by atoms with E-state index in [0.717, 1.165) is 30.0 Å². The van der Waals surface area contributed by atoms with Gasteiger partial charge in [0.2, 0.25) is 0 Å². The Balaban J connectivity index is 1.76. The van der Waals surface area contributed by atoms with E-state index in [2.05, 4.69) is 15.2 Å². The first-order valence-electron chi connectivity index (χ1n) is 11.2. The van der Waals surface area contributed by atoms with Crippen LogP contribution in [0.5, 0.6) is 5.75 Å². The van der Waals surface area contributed by atoms with Gasteiger partial charge in [-0.2, -0.15) is 10.2 Å². The molecule has 0 saturated heterocycles. The Hall–Kier alpha value is -3.31. The van der Waals surface area contributed by atoms with Gasteiger partial charge in [-0.15, -0.1) is 0 Å². The molecule has 8 N–H and O–H groups in total. The van der Waals surface area contributed by atoms with Gasteiger partial charge in [-0.3, -0.25) is 9.69 Å². The Labute approximate surface area is 195 Å². The van der Waals surface area contributed by atoms with Crippen molar-refractivity contribution in [2.45, 2.75) is 58.6 Å². The lowest BCUT2D eigenvalue weighted by atomic mass is 9.98. The van der Waals surface area contributed by atoms with Gasteiger partial charge < -0.3 is 21.3 Å². The number of pyridine rings is 1. The van der Waals surface area contributed by atoms with Crippen LogP contribution in [0.4, 0.5) is 0 Å². The van der Waals surface area contributed by atoms with Crippen molar-refractivity contribution in [2.75, 3.05) is 13.6 Å². The van der Waals surface area contributed by atoms with Crippen molar-refractivity contribution in [3.05, 3.63) is 47.2 Å². The molecule has 0 bridgehead atoms. The normalized spacial score (nSPS) is 15.8. The Morgan fingerprint density at radius 2 is 1.91 bits per heavy atom. The molecule has 2 aromatic heterocycles. The molecule has 1 aliphatic rings. The third-order valence-electron chi connectivity index (χ3n) is 5.77. The summed E-state index contributed by atoms with van der Waals surface area (Å²) in [5.41, 5.74) is 9.72. The van der Waals surface area contributed by atoms with E-state index in [9.17, 15) is 0 Å². The molecule has 180 valence electrons. The minimum absolute atomic E-state index is 0.177. The van der Waals surface area contributed by atoms with Crippen molar-refractivity contribution in [2.24, 2.45) is 28.4 Å². The number of amidine groups is 1. The minimum Gasteiger partial charge on any atom is -0.489 e. The molecular formula is C22H36N10O. The number of aromatic nitrogens is 3. The molecule has 1 fully saturated rings. The Bertz CT molecular complexity index is 991. The first-order chi connectivity index (χ1) is 15.8. The molecule has 0 amide bonds. The predicted molar refractivity (Wildman–Crippen MR) is 129 cm³/mol. The molecule has 33 heavy (non-hydrogen) atoms. The summed E-state index contributed by atoms with van der Waals surface area (Å²) in [6, 6.07) is 5.65. The van der Waals surface area contributed by atoms with Gasteiger partial charge in [0.15, 0.2) is 5.84 Å². The first-order valence-corrected chi connectivity index (χ1v) is 11.2. The van der Waals surface area contributed by atoms with Crippen LogP contribution in [0.1, 0.15) is 49.2 Å². The van der Waals surface area contributed by atoms with Gasteiger partial charge >= 0.3 is 0 Å². The fraction of sp³-hybridized carbons (Fsp3) is 0.500. The number of hydrogen-bond acceptors (Lipinski definition) is 9. The van der Waals surface area contributed by atoms with E-state index in [0.29, 0.717) is 29.5 Å². The van der Waals surface area contributed by atoms with Crippen LogP contribution in [0.15, 0.2) is 35.2 Å². The highest BCUT2D eigenvalue weighted by Gasteiger charge is 2.19. The number of likely N-dealkylation sites (N-methyl/N-ethyl adjacent to an activating group) is 1. The molecule has 2 aromatic rings. The van der Waals surface area contributed by atoms with Crippen molar-refractivity contribution in [3.8, 4) is 5.75 Å². The van der Waals surface area contributed by atoms with Crippen LogP contribution in [0.3, 0.4) is 0 Å². The lowest BCUT2D eigenvalue weighted by molar-refractivity contribution is 0.153. The highest BCUT2D eigenvalue weighted by atomic mass is 16.5. The topological polar surface area (TPSA) is 163 Å². The monoisotopic (exact) mass is 456 g/mol. The lowest BCUT2D eigenvalue weighted by Crippen LogP contribution is -2.45. The Kier molecular flexibility index (Phi) is 8.12. The van der Waals surface area contributed by atoms with Crippen LogP contribution >= 0.6 is 0 Å². The number of nitrogens with two attached hydrogens (primary N) is 4. The molecule has 0 aromatic carbocycles. The van der Waals surface area contributed by atoms with Crippen LogP contribution in [0, 0.1) is 13.8 Å². The van der Waals surface area contributed by atoms with Gasteiger partial charge in [-0.25, -0.2) is 16.7 Å². The maximum absolute atomic E-state index is 6.47. The number of rotatable bonds is 8. The highest BCUT2D eigenvalue weighted by Crippen LogP contribution is 2.26. The van der Waals surface area contributed by atoms with Crippen molar-refractivity contribution < 1.29 is 4.74 Å². The molecule has 0 spiro atoms. The van der Waals surface area contributed by atoms with Crippen LogP contribution in [0.25, 0.3) is 5.70 Å². The zero-order chi connectivity index (χ0) is 24.0. The molecule has 1 saturated carbocycles. The van der Waals surface area contributed by atoms with Crippen LogP contribution in [-0.4, -0.2) is 50.3 Å². The summed E-state index contributed by atoms with van der Waals surface area (Å²) in [7, 11) is 1.69. The van der Waals surface area contributed by atoms with Gasteiger partial charge in [0.25, 0.3) is 0 Å². The molecule has 3 rings (SSSR count). The third kappa shape index (κ3) is 6.36. The number of nitrogens with zero attached hydrogens (tertiary/aromatic N) is 6. The summed E-state index contributed by atoms with van der Waals surface area (Å²) in [6.45, 7) is 4.31. The second kappa shape index (κ2) is 11.0. The second-order valence-electron chi connectivity index (χ2n) is 8.46. The number of hydrazine groups is 2. The molecule has 0 atom stereocenters. The van der Waals surface area contributed by atoms with E-state index in [1.54, 1.807) is 11.7 Å². The van der Waals surface area contributed by atoms with E-state index < -0.39 is 0 Å². The van der Waals surface area contributed by atoms with E-state index in [4.69, 9.17) is 28.0 Å². The molecule has 1 aliphatic carbocycles. The molecular weight excluding hydrogens is 420 g/mol. The lowest BCUT2D eigenvalue weighted by Gasteiger charge is -2.26. The zero-order valence-electron chi connectivity index (χ0n) is 19.7. The van der Waals surface area contributed by atoms with Crippen LogP contribution in [-0.2, 0) is 6.54 Å². The van der Waals surface area contributed by atoms with Crippen LogP contribution in [0.2, 0.25) is 0 Å². The standard InChI is InChI=1S/C22H36N10O/c1-15-11-12-31(29-15)14-21(28-24)32(26)13-19(30(3)25)22(23)18-9-10-20(16(2)27-18)33-17-7-5-4-6-8-17/h9-12,17H,4-8,13-14,23-26H2,1-3H3/b22-19-,28-21-. The summed E-state index contributed by atoms with van der Waals surface area (Å²) < 4.78 is 7.88. The quantitative estimate of drug-likeness (QED) is 0.198. The summed E-state index contributed by atoms with van der Waals surface area (Å²) in [5.74, 6) is 19.1. The predicted octanol–water partition coefficient (Wildman–Crippen LogP) is 1.19. The maximum Gasteiger partial charge on any atom is 0.160 e. The fourth-order valence-corrected chi connectivity index (χ4v) is 3.87. The molecule has 0 unspecified atom stereocenters.